The topological polar surface area (TPSA) is 52.3 Å². The zero-order valence-corrected chi connectivity index (χ0v) is 13.5. The summed E-state index contributed by atoms with van der Waals surface area (Å²) < 4.78 is 23.8. The van der Waals surface area contributed by atoms with Crippen molar-refractivity contribution in [3.63, 3.8) is 0 Å². The Bertz CT molecular complexity index is 801. The molecule has 3 rings (SSSR count). The van der Waals surface area contributed by atoms with E-state index < -0.39 is 11.8 Å². The molecule has 3 aromatic rings. The zero-order chi connectivity index (χ0) is 15.5. The van der Waals surface area contributed by atoms with Crippen molar-refractivity contribution in [1.29, 1.82) is 0 Å². The van der Waals surface area contributed by atoms with E-state index in [2.05, 4.69) is 20.9 Å². The van der Waals surface area contributed by atoms with E-state index in [4.69, 9.17) is 9.15 Å². The molecule has 0 unspecified atom stereocenters. The lowest BCUT2D eigenvalue weighted by Gasteiger charge is -2.05. The minimum absolute atomic E-state index is 0.0415. The molecule has 0 aliphatic carbocycles. The number of ether oxygens (including phenoxy) is 1. The molecule has 0 fully saturated rings. The summed E-state index contributed by atoms with van der Waals surface area (Å²) in [5.41, 5.74) is 0.894. The van der Waals surface area contributed by atoms with Gasteiger partial charge in [0.25, 0.3) is 0 Å². The van der Waals surface area contributed by atoms with Gasteiger partial charge in [-0.2, -0.15) is 0 Å². The number of halogens is 2. The van der Waals surface area contributed by atoms with Crippen LogP contribution in [0.15, 0.2) is 50.9 Å². The van der Waals surface area contributed by atoms with Gasteiger partial charge in [0.05, 0.1) is 17.5 Å². The second kappa shape index (κ2) is 6.41. The zero-order valence-electron chi connectivity index (χ0n) is 11.1. The van der Waals surface area contributed by atoms with E-state index in [0.717, 1.165) is 5.01 Å². The van der Waals surface area contributed by atoms with Crippen LogP contribution < -0.4 is 0 Å². The van der Waals surface area contributed by atoms with Crippen LogP contribution in [0.25, 0.3) is 10.8 Å². The van der Waals surface area contributed by atoms with Crippen LogP contribution in [-0.2, 0) is 11.3 Å². The first-order valence-corrected chi connectivity index (χ1v) is 7.91. The highest BCUT2D eigenvalue weighted by atomic mass is 79.9. The quantitative estimate of drug-likeness (QED) is 0.616. The molecule has 0 saturated carbocycles. The number of hydrogen-bond acceptors (Lipinski definition) is 5. The molecule has 2 aromatic heterocycles. The standard InChI is InChI=1S/C15H9BrFNO3S/c16-12-6-9(17)3-4-11(12)15(19)21-7-10-8-22-14(18-10)13-2-1-5-20-13/h1-6,8H,7H2. The van der Waals surface area contributed by atoms with E-state index in [-0.39, 0.29) is 12.2 Å². The van der Waals surface area contributed by atoms with Crippen molar-refractivity contribution >= 4 is 33.2 Å². The molecule has 7 heteroatoms. The molecule has 0 bridgehead atoms. The maximum absolute atomic E-state index is 13.0. The van der Waals surface area contributed by atoms with Crippen molar-refractivity contribution in [2.24, 2.45) is 0 Å². The fourth-order valence-corrected chi connectivity index (χ4v) is 3.04. The van der Waals surface area contributed by atoms with Crippen LogP contribution in [0.4, 0.5) is 4.39 Å². The van der Waals surface area contributed by atoms with E-state index in [1.165, 1.54) is 29.5 Å². The third-order valence-electron chi connectivity index (χ3n) is 2.79. The summed E-state index contributed by atoms with van der Waals surface area (Å²) in [4.78, 5) is 16.3. The van der Waals surface area contributed by atoms with Gasteiger partial charge >= 0.3 is 5.97 Å². The molecule has 22 heavy (non-hydrogen) atoms. The molecule has 4 nitrogen and oxygen atoms in total. The summed E-state index contributed by atoms with van der Waals surface area (Å²) in [7, 11) is 0. The van der Waals surface area contributed by atoms with Crippen LogP contribution in [0.5, 0.6) is 0 Å². The van der Waals surface area contributed by atoms with Crippen molar-refractivity contribution in [3.8, 4) is 10.8 Å². The summed E-state index contributed by atoms with van der Waals surface area (Å²) in [6.45, 7) is 0.0415. The van der Waals surface area contributed by atoms with Crippen molar-refractivity contribution in [2.45, 2.75) is 6.61 Å². The number of carbonyl (C=O) groups is 1. The molecule has 0 N–H and O–H groups in total. The maximum Gasteiger partial charge on any atom is 0.339 e. The number of nitrogens with zero attached hydrogens (tertiary/aromatic N) is 1. The Labute approximate surface area is 137 Å². The van der Waals surface area contributed by atoms with Crippen molar-refractivity contribution < 1.29 is 18.3 Å². The average Bonchev–Trinajstić information content (AvgIpc) is 3.16. The molecule has 0 aliphatic heterocycles. The summed E-state index contributed by atoms with van der Waals surface area (Å²) >= 11 is 4.54. The molecular formula is C15H9BrFNO3S. The maximum atomic E-state index is 13.0. The fraction of sp³-hybridized carbons (Fsp3) is 0.0667. The number of furan rings is 1. The Kier molecular flexibility index (Phi) is 4.35. The largest absolute Gasteiger partial charge is 0.462 e. The number of thiazole rings is 1. The first-order valence-electron chi connectivity index (χ1n) is 6.24. The average molecular weight is 382 g/mol. The van der Waals surface area contributed by atoms with Gasteiger partial charge in [-0.15, -0.1) is 11.3 Å². The van der Waals surface area contributed by atoms with E-state index in [1.807, 2.05) is 6.07 Å². The number of carbonyl (C=O) groups excluding carboxylic acids is 1. The Morgan fingerprint density at radius 1 is 1.41 bits per heavy atom. The fourth-order valence-electron chi connectivity index (χ4n) is 1.76. The summed E-state index contributed by atoms with van der Waals surface area (Å²) in [6.07, 6.45) is 1.57. The van der Waals surface area contributed by atoms with E-state index in [9.17, 15) is 9.18 Å². The normalized spacial score (nSPS) is 10.6. The van der Waals surface area contributed by atoms with Gasteiger partial charge in [0.2, 0.25) is 0 Å². The third-order valence-corrected chi connectivity index (χ3v) is 4.35. The second-order valence-electron chi connectivity index (χ2n) is 4.32. The third kappa shape index (κ3) is 3.26. The van der Waals surface area contributed by atoms with Crippen LogP contribution in [0, 0.1) is 5.82 Å². The highest BCUT2D eigenvalue weighted by Gasteiger charge is 2.14. The molecule has 0 atom stereocenters. The summed E-state index contributed by atoms with van der Waals surface area (Å²) in [5.74, 6) is -0.297. The summed E-state index contributed by atoms with van der Waals surface area (Å²) in [5, 5.41) is 2.52. The van der Waals surface area contributed by atoms with Crippen LogP contribution in [-0.4, -0.2) is 11.0 Å². The molecule has 2 heterocycles. The molecule has 1 aromatic carbocycles. The minimum atomic E-state index is -0.542. The van der Waals surface area contributed by atoms with Crippen molar-refractivity contribution in [1.82, 2.24) is 4.98 Å². The predicted molar refractivity (Wildman–Crippen MR) is 83.0 cm³/mol. The van der Waals surface area contributed by atoms with Crippen molar-refractivity contribution in [2.75, 3.05) is 0 Å². The van der Waals surface area contributed by atoms with E-state index >= 15 is 0 Å². The Balaban J connectivity index is 1.66. The smallest absolute Gasteiger partial charge is 0.339 e. The molecule has 0 aliphatic rings. The van der Waals surface area contributed by atoms with Crippen molar-refractivity contribution in [3.05, 3.63) is 63.5 Å². The van der Waals surface area contributed by atoms with Gasteiger partial charge in [0.1, 0.15) is 12.4 Å². The lowest BCUT2D eigenvalue weighted by molar-refractivity contribution is 0.0467. The van der Waals surface area contributed by atoms with Gasteiger partial charge in [0.15, 0.2) is 10.8 Å². The van der Waals surface area contributed by atoms with Crippen LogP contribution in [0.2, 0.25) is 0 Å². The molecule has 0 spiro atoms. The lowest BCUT2D eigenvalue weighted by Crippen LogP contribution is -2.06. The molecular weight excluding hydrogens is 373 g/mol. The number of esters is 1. The number of aromatic nitrogens is 1. The lowest BCUT2D eigenvalue weighted by atomic mass is 10.2. The Morgan fingerprint density at radius 3 is 3.00 bits per heavy atom. The van der Waals surface area contributed by atoms with E-state index in [1.54, 1.807) is 17.7 Å². The second-order valence-corrected chi connectivity index (χ2v) is 6.03. The van der Waals surface area contributed by atoms with E-state index in [0.29, 0.717) is 15.9 Å². The number of rotatable bonds is 4. The molecule has 0 saturated heterocycles. The highest BCUT2D eigenvalue weighted by molar-refractivity contribution is 9.10. The number of benzene rings is 1. The Morgan fingerprint density at radius 2 is 2.27 bits per heavy atom. The minimum Gasteiger partial charge on any atom is -0.462 e. The van der Waals surface area contributed by atoms with Gasteiger partial charge in [-0.25, -0.2) is 14.2 Å². The van der Waals surface area contributed by atoms with Crippen LogP contribution in [0.1, 0.15) is 16.1 Å². The highest BCUT2D eigenvalue weighted by Crippen LogP contribution is 2.25. The van der Waals surface area contributed by atoms with Gasteiger partial charge < -0.3 is 9.15 Å². The van der Waals surface area contributed by atoms with Crippen LogP contribution >= 0.6 is 27.3 Å². The molecule has 0 amide bonds. The molecule has 112 valence electrons. The summed E-state index contributed by atoms with van der Waals surface area (Å²) in [6, 6.07) is 7.39. The SMILES string of the molecule is O=C(OCc1csc(-c2ccco2)n1)c1ccc(F)cc1Br. The van der Waals surface area contributed by atoms with Gasteiger partial charge in [-0.3, -0.25) is 0 Å². The predicted octanol–water partition coefficient (Wildman–Crippen LogP) is 4.66. The van der Waals surface area contributed by atoms with Gasteiger partial charge in [0, 0.05) is 9.85 Å². The van der Waals surface area contributed by atoms with Gasteiger partial charge in [-0.1, -0.05) is 0 Å². The van der Waals surface area contributed by atoms with Crippen LogP contribution in [0.3, 0.4) is 0 Å². The Hall–Kier alpha value is -1.99. The molecule has 0 radical (unpaired) electrons. The number of hydrogen-bond donors (Lipinski definition) is 0. The first kappa shape index (κ1) is 14.9. The van der Waals surface area contributed by atoms with Gasteiger partial charge in [-0.05, 0) is 46.3 Å². The monoisotopic (exact) mass is 381 g/mol. The first-order chi connectivity index (χ1) is 10.6.